The van der Waals surface area contributed by atoms with Gasteiger partial charge < -0.3 is 11.1 Å². The van der Waals surface area contributed by atoms with Crippen molar-refractivity contribution in [2.24, 2.45) is 5.14 Å². The third-order valence-electron chi connectivity index (χ3n) is 2.21. The maximum absolute atomic E-state index is 11.1. The number of nitrogens with two attached hydrogens (primary N) is 2. The largest absolute Gasteiger partial charge is 0.399 e. The van der Waals surface area contributed by atoms with Crippen molar-refractivity contribution in [3.8, 4) is 0 Å². The normalized spacial score (nSPS) is 16.3. The lowest BCUT2D eigenvalue weighted by Crippen LogP contribution is -2.13. The molecule has 1 fully saturated rings. The van der Waals surface area contributed by atoms with Crippen molar-refractivity contribution in [1.29, 1.82) is 0 Å². The SMILES string of the molecule is Nc1cc(NC2CC2)cc(S(N)(=O)=O)c1. The van der Waals surface area contributed by atoms with Crippen LogP contribution < -0.4 is 16.2 Å². The van der Waals surface area contributed by atoms with Crippen molar-refractivity contribution in [1.82, 2.24) is 0 Å². The zero-order valence-corrected chi connectivity index (χ0v) is 8.92. The number of nitrogen functional groups attached to an aromatic ring is 1. The van der Waals surface area contributed by atoms with Crippen LogP contribution in [0.25, 0.3) is 0 Å². The first-order chi connectivity index (χ1) is 6.95. The average molecular weight is 227 g/mol. The first-order valence-corrected chi connectivity index (χ1v) is 6.20. The molecule has 0 aromatic heterocycles. The standard InChI is InChI=1S/C9H13N3O2S/c10-6-3-8(12-7-1-2-7)5-9(4-6)15(11,13)14/h3-5,7,12H,1-2,10H2,(H2,11,13,14). The van der Waals surface area contributed by atoms with Crippen LogP contribution in [0.3, 0.4) is 0 Å². The summed E-state index contributed by atoms with van der Waals surface area (Å²) in [6.45, 7) is 0. The molecule has 0 unspecified atom stereocenters. The van der Waals surface area contributed by atoms with Gasteiger partial charge in [-0.05, 0) is 31.0 Å². The van der Waals surface area contributed by atoms with Crippen molar-refractivity contribution >= 4 is 21.4 Å². The van der Waals surface area contributed by atoms with E-state index in [1.807, 2.05) is 0 Å². The van der Waals surface area contributed by atoms with E-state index in [1.165, 1.54) is 12.1 Å². The van der Waals surface area contributed by atoms with Gasteiger partial charge in [0.25, 0.3) is 0 Å². The summed E-state index contributed by atoms with van der Waals surface area (Å²) in [7, 11) is -3.68. The van der Waals surface area contributed by atoms with Gasteiger partial charge in [0, 0.05) is 17.4 Å². The van der Waals surface area contributed by atoms with Gasteiger partial charge in [0.05, 0.1) is 4.90 Å². The topological polar surface area (TPSA) is 98.2 Å². The Labute approximate surface area is 88.5 Å². The van der Waals surface area contributed by atoms with E-state index in [2.05, 4.69) is 5.32 Å². The maximum atomic E-state index is 11.1. The Kier molecular flexibility index (Phi) is 2.32. The lowest BCUT2D eigenvalue weighted by molar-refractivity contribution is 0.598. The second-order valence-electron chi connectivity index (χ2n) is 3.75. The quantitative estimate of drug-likeness (QED) is 0.654. The van der Waals surface area contributed by atoms with Crippen molar-refractivity contribution in [2.45, 2.75) is 23.8 Å². The molecule has 0 bridgehead atoms. The van der Waals surface area contributed by atoms with Crippen LogP contribution in [-0.4, -0.2) is 14.5 Å². The number of sulfonamides is 1. The van der Waals surface area contributed by atoms with Crippen LogP contribution in [0.5, 0.6) is 0 Å². The molecule has 2 rings (SSSR count). The molecular weight excluding hydrogens is 214 g/mol. The summed E-state index contributed by atoms with van der Waals surface area (Å²) in [5.41, 5.74) is 6.70. The molecule has 1 aliphatic carbocycles. The molecule has 0 radical (unpaired) electrons. The van der Waals surface area contributed by atoms with E-state index in [9.17, 15) is 8.42 Å². The molecule has 0 saturated heterocycles. The Hall–Kier alpha value is -1.27. The number of primary sulfonamides is 1. The summed E-state index contributed by atoms with van der Waals surface area (Å²) in [4.78, 5) is 0.0469. The van der Waals surface area contributed by atoms with E-state index in [0.717, 1.165) is 12.8 Å². The molecular formula is C9H13N3O2S. The minimum atomic E-state index is -3.68. The van der Waals surface area contributed by atoms with E-state index in [1.54, 1.807) is 6.07 Å². The molecule has 0 atom stereocenters. The zero-order valence-electron chi connectivity index (χ0n) is 8.10. The summed E-state index contributed by atoms with van der Waals surface area (Å²) in [5, 5.41) is 8.20. The maximum Gasteiger partial charge on any atom is 0.238 e. The lowest BCUT2D eigenvalue weighted by Gasteiger charge is -2.07. The van der Waals surface area contributed by atoms with Gasteiger partial charge in [0.2, 0.25) is 10.0 Å². The average Bonchev–Trinajstić information content (AvgIpc) is 2.85. The predicted octanol–water partition coefficient (Wildman–Crippen LogP) is 0.490. The van der Waals surface area contributed by atoms with Crippen LogP contribution in [0.15, 0.2) is 23.1 Å². The van der Waals surface area contributed by atoms with Crippen molar-refractivity contribution in [3.63, 3.8) is 0 Å². The van der Waals surface area contributed by atoms with Crippen molar-refractivity contribution < 1.29 is 8.42 Å². The monoisotopic (exact) mass is 227 g/mol. The Bertz CT molecular complexity index is 480. The second-order valence-corrected chi connectivity index (χ2v) is 5.32. The van der Waals surface area contributed by atoms with E-state index in [0.29, 0.717) is 17.4 Å². The van der Waals surface area contributed by atoms with Crippen LogP contribution >= 0.6 is 0 Å². The number of nitrogens with one attached hydrogen (secondary N) is 1. The molecule has 0 amide bonds. The Morgan fingerprint density at radius 3 is 2.47 bits per heavy atom. The van der Waals surface area contributed by atoms with Crippen LogP contribution in [-0.2, 0) is 10.0 Å². The highest BCUT2D eigenvalue weighted by Gasteiger charge is 2.21. The molecule has 1 aliphatic rings. The molecule has 1 saturated carbocycles. The molecule has 15 heavy (non-hydrogen) atoms. The van der Waals surface area contributed by atoms with E-state index >= 15 is 0 Å². The summed E-state index contributed by atoms with van der Waals surface area (Å²) >= 11 is 0. The Balaban J connectivity index is 2.35. The fourth-order valence-electron chi connectivity index (χ4n) is 1.33. The van der Waals surface area contributed by atoms with Crippen LogP contribution in [0.1, 0.15) is 12.8 Å². The Morgan fingerprint density at radius 2 is 1.93 bits per heavy atom. The molecule has 0 spiro atoms. The van der Waals surface area contributed by atoms with Crippen LogP contribution in [0.4, 0.5) is 11.4 Å². The number of anilines is 2. The van der Waals surface area contributed by atoms with Crippen molar-refractivity contribution in [2.75, 3.05) is 11.1 Å². The fraction of sp³-hybridized carbons (Fsp3) is 0.333. The molecule has 82 valence electrons. The number of hydrogen-bond acceptors (Lipinski definition) is 4. The smallest absolute Gasteiger partial charge is 0.238 e. The zero-order chi connectivity index (χ0) is 11.1. The molecule has 1 aromatic carbocycles. The fourth-order valence-corrected chi connectivity index (χ4v) is 1.92. The van der Waals surface area contributed by atoms with Gasteiger partial charge in [0.1, 0.15) is 0 Å². The van der Waals surface area contributed by atoms with Crippen LogP contribution in [0.2, 0.25) is 0 Å². The summed E-state index contributed by atoms with van der Waals surface area (Å²) in [6.07, 6.45) is 2.22. The van der Waals surface area contributed by atoms with Gasteiger partial charge in [-0.25, -0.2) is 13.6 Å². The Morgan fingerprint density at radius 1 is 1.27 bits per heavy atom. The summed E-state index contributed by atoms with van der Waals surface area (Å²) in [6, 6.07) is 5.00. The summed E-state index contributed by atoms with van der Waals surface area (Å²) in [5.74, 6) is 0. The minimum absolute atomic E-state index is 0.0469. The van der Waals surface area contributed by atoms with Gasteiger partial charge in [-0.3, -0.25) is 0 Å². The number of hydrogen-bond donors (Lipinski definition) is 3. The first kappa shape index (κ1) is 10.3. The number of rotatable bonds is 3. The predicted molar refractivity (Wildman–Crippen MR) is 58.9 cm³/mol. The molecule has 1 aromatic rings. The number of benzene rings is 1. The van der Waals surface area contributed by atoms with Gasteiger partial charge in [0.15, 0.2) is 0 Å². The van der Waals surface area contributed by atoms with Gasteiger partial charge in [-0.1, -0.05) is 0 Å². The van der Waals surface area contributed by atoms with Crippen LogP contribution in [0, 0.1) is 0 Å². The van der Waals surface area contributed by atoms with E-state index in [-0.39, 0.29) is 4.90 Å². The van der Waals surface area contributed by atoms with E-state index in [4.69, 9.17) is 10.9 Å². The molecule has 5 nitrogen and oxygen atoms in total. The minimum Gasteiger partial charge on any atom is -0.399 e. The molecule has 0 aliphatic heterocycles. The highest BCUT2D eigenvalue weighted by atomic mass is 32.2. The highest BCUT2D eigenvalue weighted by Crippen LogP contribution is 2.27. The van der Waals surface area contributed by atoms with Gasteiger partial charge in [-0.15, -0.1) is 0 Å². The van der Waals surface area contributed by atoms with Gasteiger partial charge >= 0.3 is 0 Å². The van der Waals surface area contributed by atoms with Crippen molar-refractivity contribution in [3.05, 3.63) is 18.2 Å². The molecule has 0 heterocycles. The summed E-state index contributed by atoms with van der Waals surface area (Å²) < 4.78 is 22.3. The van der Waals surface area contributed by atoms with E-state index < -0.39 is 10.0 Å². The molecule has 5 N–H and O–H groups in total. The third-order valence-corrected chi connectivity index (χ3v) is 3.10. The first-order valence-electron chi connectivity index (χ1n) is 4.65. The second kappa shape index (κ2) is 3.39. The molecule has 6 heteroatoms. The van der Waals surface area contributed by atoms with Gasteiger partial charge in [-0.2, -0.15) is 0 Å². The lowest BCUT2D eigenvalue weighted by atomic mass is 10.3. The highest BCUT2D eigenvalue weighted by molar-refractivity contribution is 7.89. The third kappa shape index (κ3) is 2.60.